The number of hydrogen-bond acceptors (Lipinski definition) is 3. The fraction of sp³-hybridized carbons (Fsp3) is 0.900. The first-order valence-electron chi connectivity index (χ1n) is 9.30. The molecule has 0 aromatic rings. The number of rotatable bonds is 2. The average molecular weight is 322 g/mol. The third-order valence-electron chi connectivity index (χ3n) is 7.94. The Morgan fingerprint density at radius 1 is 1.13 bits per heavy atom. The van der Waals surface area contributed by atoms with Gasteiger partial charge in [0.25, 0.3) is 0 Å². The topological polar surface area (TPSA) is 60.7 Å². The van der Waals surface area contributed by atoms with Crippen molar-refractivity contribution in [3.8, 4) is 0 Å². The molecule has 0 spiro atoms. The van der Waals surface area contributed by atoms with Gasteiger partial charge >= 0.3 is 0 Å². The molecule has 0 aliphatic heterocycles. The summed E-state index contributed by atoms with van der Waals surface area (Å²) in [6, 6.07) is 0. The molecule has 0 heterocycles. The van der Waals surface area contributed by atoms with E-state index in [0.29, 0.717) is 18.8 Å². The molecule has 132 valence electrons. The van der Waals surface area contributed by atoms with Gasteiger partial charge in [-0.3, -0.25) is 0 Å². The highest BCUT2D eigenvalue weighted by Crippen LogP contribution is 2.65. The Bertz CT molecular complexity index is 511. The van der Waals surface area contributed by atoms with Crippen LogP contribution in [0, 0.1) is 22.2 Å². The molecule has 5 atom stereocenters. The quantitative estimate of drug-likeness (QED) is 0.683. The van der Waals surface area contributed by atoms with Gasteiger partial charge in [0.05, 0.1) is 18.3 Å². The number of hydrogen-bond donors (Lipinski definition) is 3. The first kappa shape index (κ1) is 17.4. The van der Waals surface area contributed by atoms with Crippen molar-refractivity contribution in [1.82, 2.24) is 0 Å². The second-order valence-corrected chi connectivity index (χ2v) is 9.67. The van der Waals surface area contributed by atoms with Crippen LogP contribution in [0.1, 0.15) is 72.6 Å². The summed E-state index contributed by atoms with van der Waals surface area (Å²) in [7, 11) is 0. The van der Waals surface area contributed by atoms with Crippen LogP contribution in [0.5, 0.6) is 0 Å². The lowest BCUT2D eigenvalue weighted by molar-refractivity contribution is -0.168. The summed E-state index contributed by atoms with van der Waals surface area (Å²) in [6.07, 6.45) is 8.29. The van der Waals surface area contributed by atoms with E-state index in [0.717, 1.165) is 24.8 Å². The van der Waals surface area contributed by atoms with E-state index in [-0.39, 0.29) is 22.9 Å². The van der Waals surface area contributed by atoms with Crippen molar-refractivity contribution in [2.45, 2.75) is 84.3 Å². The van der Waals surface area contributed by atoms with E-state index in [1.54, 1.807) is 0 Å². The van der Waals surface area contributed by atoms with Gasteiger partial charge < -0.3 is 15.3 Å². The van der Waals surface area contributed by atoms with E-state index in [2.05, 4.69) is 26.8 Å². The number of aliphatic hydroxyl groups excluding tert-OH is 2. The normalized spacial score (nSPS) is 47.3. The van der Waals surface area contributed by atoms with Crippen molar-refractivity contribution in [3.05, 3.63) is 11.6 Å². The minimum Gasteiger partial charge on any atom is -0.394 e. The molecule has 3 heteroatoms. The minimum absolute atomic E-state index is 0.0651. The Balaban J connectivity index is 1.98. The van der Waals surface area contributed by atoms with Crippen LogP contribution >= 0.6 is 0 Å². The number of fused-ring (bicyclic) bond motifs is 3. The van der Waals surface area contributed by atoms with Gasteiger partial charge in [0.15, 0.2) is 0 Å². The first-order valence-corrected chi connectivity index (χ1v) is 9.30. The molecular weight excluding hydrogens is 288 g/mol. The molecule has 3 nitrogen and oxygen atoms in total. The van der Waals surface area contributed by atoms with Gasteiger partial charge in [0, 0.05) is 5.41 Å². The average Bonchev–Trinajstić information content (AvgIpc) is 2.48. The predicted molar refractivity (Wildman–Crippen MR) is 91.9 cm³/mol. The highest BCUT2D eigenvalue weighted by molar-refractivity contribution is 5.32. The van der Waals surface area contributed by atoms with E-state index in [4.69, 9.17) is 0 Å². The molecular formula is C20H34O3. The summed E-state index contributed by atoms with van der Waals surface area (Å²) in [6.45, 7) is 8.87. The molecule has 3 N–H and O–H groups in total. The molecule has 0 aromatic carbocycles. The summed E-state index contributed by atoms with van der Waals surface area (Å²) in [5.74, 6) is 0.518. The Morgan fingerprint density at radius 2 is 1.83 bits per heavy atom. The molecule has 3 aliphatic rings. The summed E-state index contributed by atoms with van der Waals surface area (Å²) in [5.41, 5.74) is 0.276. The van der Waals surface area contributed by atoms with Crippen molar-refractivity contribution >= 4 is 0 Å². The maximum atomic E-state index is 11.8. The molecule has 0 amide bonds. The van der Waals surface area contributed by atoms with Crippen LogP contribution in [0.3, 0.4) is 0 Å². The molecule has 2 fully saturated rings. The van der Waals surface area contributed by atoms with Crippen LogP contribution in [-0.4, -0.2) is 33.6 Å². The fourth-order valence-electron chi connectivity index (χ4n) is 6.15. The maximum absolute atomic E-state index is 11.8. The highest BCUT2D eigenvalue weighted by Gasteiger charge is 2.62. The molecule has 23 heavy (non-hydrogen) atoms. The van der Waals surface area contributed by atoms with Crippen molar-refractivity contribution in [2.24, 2.45) is 22.2 Å². The molecule has 3 aliphatic carbocycles. The third kappa shape index (κ3) is 2.34. The third-order valence-corrected chi connectivity index (χ3v) is 7.94. The minimum atomic E-state index is -0.734. The van der Waals surface area contributed by atoms with Gasteiger partial charge in [0.1, 0.15) is 0 Å². The lowest BCUT2D eigenvalue weighted by Crippen LogP contribution is -2.62. The molecule has 0 aromatic heterocycles. The van der Waals surface area contributed by atoms with Crippen LogP contribution in [0.4, 0.5) is 0 Å². The van der Waals surface area contributed by atoms with Crippen molar-refractivity contribution < 1.29 is 15.3 Å². The van der Waals surface area contributed by atoms with Gasteiger partial charge in [-0.15, -0.1) is 0 Å². The molecule has 5 unspecified atom stereocenters. The molecule has 0 bridgehead atoms. The largest absolute Gasteiger partial charge is 0.394 e. The number of allylic oxidation sites excluding steroid dienone is 1. The zero-order chi connectivity index (χ0) is 17.1. The van der Waals surface area contributed by atoms with Crippen LogP contribution in [0.2, 0.25) is 0 Å². The Hall–Kier alpha value is -0.380. The van der Waals surface area contributed by atoms with Gasteiger partial charge in [-0.1, -0.05) is 40.2 Å². The standard InChI is InChI=1S/C20H34O3/c1-17(2)8-5-9-19(4)15(17)7-6-14-12-18(3,16(22)13-21)10-11-20(14,19)23/h6,15-16,21-23H,5,7-13H2,1-4H3. The highest BCUT2D eigenvalue weighted by atomic mass is 16.3. The van der Waals surface area contributed by atoms with E-state index in [9.17, 15) is 15.3 Å². The second-order valence-electron chi connectivity index (χ2n) is 9.67. The van der Waals surface area contributed by atoms with Gasteiger partial charge in [0.2, 0.25) is 0 Å². The van der Waals surface area contributed by atoms with E-state index in [1.807, 2.05) is 6.92 Å². The van der Waals surface area contributed by atoms with Crippen molar-refractivity contribution in [2.75, 3.05) is 6.61 Å². The van der Waals surface area contributed by atoms with Gasteiger partial charge in [-0.05, 0) is 60.8 Å². The SMILES string of the molecule is CC1(C)CCCC2(C)C1CC=C1CC(C)(C(O)CO)CCC12O. The number of aliphatic hydroxyl groups is 3. The van der Waals surface area contributed by atoms with Crippen LogP contribution in [0.25, 0.3) is 0 Å². The van der Waals surface area contributed by atoms with Gasteiger partial charge in [-0.25, -0.2) is 0 Å². The second kappa shape index (κ2) is 5.31. The van der Waals surface area contributed by atoms with Crippen molar-refractivity contribution in [3.63, 3.8) is 0 Å². The van der Waals surface area contributed by atoms with Crippen LogP contribution < -0.4 is 0 Å². The zero-order valence-corrected chi connectivity index (χ0v) is 15.2. The van der Waals surface area contributed by atoms with E-state index >= 15 is 0 Å². The summed E-state index contributed by atoms with van der Waals surface area (Å²) < 4.78 is 0. The van der Waals surface area contributed by atoms with Crippen LogP contribution in [0.15, 0.2) is 11.6 Å². The maximum Gasteiger partial charge on any atom is 0.0913 e. The Kier molecular flexibility index (Phi) is 4.02. The van der Waals surface area contributed by atoms with Gasteiger partial charge in [-0.2, -0.15) is 0 Å². The monoisotopic (exact) mass is 322 g/mol. The molecule has 3 rings (SSSR count). The fourth-order valence-corrected chi connectivity index (χ4v) is 6.15. The molecule has 2 saturated carbocycles. The molecule has 0 saturated heterocycles. The molecule has 0 radical (unpaired) electrons. The Morgan fingerprint density at radius 3 is 2.48 bits per heavy atom. The van der Waals surface area contributed by atoms with Crippen molar-refractivity contribution in [1.29, 1.82) is 0 Å². The van der Waals surface area contributed by atoms with Crippen LogP contribution in [-0.2, 0) is 0 Å². The lowest BCUT2D eigenvalue weighted by Gasteiger charge is -2.63. The van der Waals surface area contributed by atoms with E-state index in [1.165, 1.54) is 12.8 Å². The first-order chi connectivity index (χ1) is 10.6. The summed E-state index contributed by atoms with van der Waals surface area (Å²) in [5, 5.41) is 31.4. The summed E-state index contributed by atoms with van der Waals surface area (Å²) >= 11 is 0. The zero-order valence-electron chi connectivity index (χ0n) is 15.2. The van der Waals surface area contributed by atoms with E-state index < -0.39 is 11.7 Å². The summed E-state index contributed by atoms with van der Waals surface area (Å²) in [4.78, 5) is 0. The lowest BCUT2D eigenvalue weighted by atomic mass is 9.44. The smallest absolute Gasteiger partial charge is 0.0913 e. The predicted octanol–water partition coefficient (Wildman–Crippen LogP) is 3.42. The Labute approximate surface area is 140 Å².